The third kappa shape index (κ3) is 3.83. The fourth-order valence-electron chi connectivity index (χ4n) is 5.15. The Balaban J connectivity index is 1.42. The Hall–Kier alpha value is -1.34. The number of hydrogen-bond donors (Lipinski definition) is 3. The Morgan fingerprint density at radius 2 is 1.85 bits per heavy atom. The average Bonchev–Trinajstić information content (AvgIpc) is 3.07. The minimum absolute atomic E-state index is 0.0729. The Morgan fingerprint density at radius 3 is 2.42 bits per heavy atom. The van der Waals surface area contributed by atoms with Crippen molar-refractivity contribution < 1.29 is 19.4 Å². The molecule has 7 heteroatoms. The number of carboxylic acids is 1. The second-order valence-corrected chi connectivity index (χ2v) is 8.07. The fourth-order valence-corrected chi connectivity index (χ4v) is 5.15. The van der Waals surface area contributed by atoms with Crippen molar-refractivity contribution in [2.75, 3.05) is 19.7 Å². The third-order valence-corrected chi connectivity index (χ3v) is 6.70. The number of carboxylic acid groups (broad SMARTS) is 1. The summed E-state index contributed by atoms with van der Waals surface area (Å²) >= 11 is 0. The van der Waals surface area contributed by atoms with Gasteiger partial charge in [-0.2, -0.15) is 0 Å². The van der Waals surface area contributed by atoms with Gasteiger partial charge in [0.25, 0.3) is 0 Å². The van der Waals surface area contributed by atoms with Gasteiger partial charge in [0.2, 0.25) is 0 Å². The van der Waals surface area contributed by atoms with Crippen molar-refractivity contribution >= 4 is 12.0 Å². The van der Waals surface area contributed by atoms with E-state index in [-0.39, 0.29) is 36.1 Å². The van der Waals surface area contributed by atoms with Crippen molar-refractivity contribution in [3.05, 3.63) is 0 Å². The molecule has 3 rings (SSSR count). The van der Waals surface area contributed by atoms with Crippen LogP contribution in [-0.4, -0.2) is 65.9 Å². The number of carbonyl (C=O) groups excluding carboxylic acids is 1. The van der Waals surface area contributed by atoms with Gasteiger partial charge in [-0.1, -0.05) is 19.8 Å². The van der Waals surface area contributed by atoms with E-state index < -0.39 is 5.97 Å². The zero-order valence-electron chi connectivity index (χ0n) is 16.0. The van der Waals surface area contributed by atoms with E-state index in [4.69, 9.17) is 9.84 Å². The Kier molecular flexibility index (Phi) is 6.07. The monoisotopic (exact) mass is 367 g/mol. The average molecular weight is 367 g/mol. The molecular formula is C19H33N3O4. The number of amides is 2. The molecule has 2 atom stereocenters. The summed E-state index contributed by atoms with van der Waals surface area (Å²) in [5.41, 5.74) is 0.149. The molecule has 0 aliphatic heterocycles. The van der Waals surface area contributed by atoms with E-state index in [9.17, 15) is 9.59 Å². The molecule has 7 nitrogen and oxygen atoms in total. The van der Waals surface area contributed by atoms with Crippen LogP contribution in [0, 0.1) is 5.41 Å². The van der Waals surface area contributed by atoms with E-state index in [1.807, 2.05) is 18.7 Å². The summed E-state index contributed by atoms with van der Waals surface area (Å²) in [6.45, 7) is 5.54. The standard InChI is InChI=1S/C19H33N3O4/c1-3-22(12-17(23)24)14-9-13(10-14)20-18(25)21-15-11-16(26-4-2)19(15)7-5-6-8-19/h13-16H,3-12H2,1-2H3,(H,23,24)(H2,20,21,25). The summed E-state index contributed by atoms with van der Waals surface area (Å²) < 4.78 is 5.90. The number of nitrogens with one attached hydrogen (secondary N) is 2. The van der Waals surface area contributed by atoms with Crippen LogP contribution in [0.5, 0.6) is 0 Å². The van der Waals surface area contributed by atoms with Gasteiger partial charge in [0.05, 0.1) is 12.6 Å². The number of likely N-dealkylation sites (N-methyl/N-ethyl adjacent to an activating group) is 1. The van der Waals surface area contributed by atoms with Crippen molar-refractivity contribution in [1.82, 2.24) is 15.5 Å². The van der Waals surface area contributed by atoms with Gasteiger partial charge in [-0.15, -0.1) is 0 Å². The highest BCUT2D eigenvalue weighted by Crippen LogP contribution is 2.54. The van der Waals surface area contributed by atoms with Crippen LogP contribution in [0.3, 0.4) is 0 Å². The Bertz CT molecular complexity index is 515. The molecular weight excluding hydrogens is 334 g/mol. The lowest BCUT2D eigenvalue weighted by Gasteiger charge is -2.54. The minimum atomic E-state index is -0.795. The molecule has 2 amide bonds. The molecule has 3 aliphatic carbocycles. The van der Waals surface area contributed by atoms with Gasteiger partial charge in [0, 0.05) is 30.1 Å². The summed E-state index contributed by atoms with van der Waals surface area (Å²) in [5, 5.41) is 15.2. The molecule has 3 N–H and O–H groups in total. The van der Waals surface area contributed by atoms with E-state index in [1.165, 1.54) is 12.8 Å². The molecule has 3 fully saturated rings. The van der Waals surface area contributed by atoms with E-state index in [1.54, 1.807) is 0 Å². The third-order valence-electron chi connectivity index (χ3n) is 6.70. The van der Waals surface area contributed by atoms with Crippen molar-refractivity contribution in [3.63, 3.8) is 0 Å². The first-order chi connectivity index (χ1) is 12.5. The van der Waals surface area contributed by atoms with Crippen LogP contribution in [0.1, 0.15) is 58.8 Å². The lowest BCUT2D eigenvalue weighted by molar-refractivity contribution is -0.139. The van der Waals surface area contributed by atoms with Gasteiger partial charge in [0.1, 0.15) is 0 Å². The molecule has 148 valence electrons. The van der Waals surface area contributed by atoms with Gasteiger partial charge in [-0.3, -0.25) is 9.69 Å². The Morgan fingerprint density at radius 1 is 1.15 bits per heavy atom. The van der Waals surface area contributed by atoms with E-state index in [0.29, 0.717) is 6.10 Å². The summed E-state index contributed by atoms with van der Waals surface area (Å²) in [6.07, 6.45) is 7.61. The number of aliphatic carboxylic acids is 1. The molecule has 1 spiro atoms. The summed E-state index contributed by atoms with van der Waals surface area (Å²) in [7, 11) is 0. The first kappa shape index (κ1) is 19.4. The Labute approximate surface area is 155 Å². The highest BCUT2D eigenvalue weighted by atomic mass is 16.5. The summed E-state index contributed by atoms with van der Waals surface area (Å²) in [6, 6.07) is 0.538. The number of carbonyl (C=O) groups is 2. The maximum atomic E-state index is 12.4. The first-order valence-corrected chi connectivity index (χ1v) is 10.1. The topological polar surface area (TPSA) is 90.9 Å². The largest absolute Gasteiger partial charge is 0.480 e. The maximum Gasteiger partial charge on any atom is 0.317 e. The molecule has 0 aromatic rings. The van der Waals surface area contributed by atoms with Crippen molar-refractivity contribution in [1.29, 1.82) is 0 Å². The predicted octanol–water partition coefficient (Wildman–Crippen LogP) is 1.96. The van der Waals surface area contributed by atoms with Crippen LogP contribution in [0.15, 0.2) is 0 Å². The number of ether oxygens (including phenoxy) is 1. The van der Waals surface area contributed by atoms with E-state index in [0.717, 1.165) is 45.3 Å². The first-order valence-electron chi connectivity index (χ1n) is 10.1. The molecule has 0 radical (unpaired) electrons. The van der Waals surface area contributed by atoms with Crippen molar-refractivity contribution in [2.45, 2.75) is 83.0 Å². The number of nitrogens with zero attached hydrogens (tertiary/aromatic N) is 1. The predicted molar refractivity (Wildman–Crippen MR) is 98.1 cm³/mol. The zero-order valence-corrected chi connectivity index (χ0v) is 16.0. The van der Waals surface area contributed by atoms with Crippen LogP contribution in [0.25, 0.3) is 0 Å². The second-order valence-electron chi connectivity index (χ2n) is 8.07. The lowest BCUT2D eigenvalue weighted by atomic mass is 9.60. The second kappa shape index (κ2) is 8.13. The van der Waals surface area contributed by atoms with Crippen LogP contribution in [-0.2, 0) is 9.53 Å². The quantitative estimate of drug-likeness (QED) is 0.610. The summed E-state index contributed by atoms with van der Waals surface area (Å²) in [4.78, 5) is 25.3. The highest BCUT2D eigenvalue weighted by molar-refractivity contribution is 5.75. The SMILES string of the molecule is CCOC1CC(NC(=O)NC2CC(N(CC)CC(=O)O)C2)C12CCCC2. The molecule has 0 heterocycles. The fraction of sp³-hybridized carbons (Fsp3) is 0.895. The van der Waals surface area contributed by atoms with Gasteiger partial charge >= 0.3 is 12.0 Å². The molecule has 0 aromatic carbocycles. The van der Waals surface area contributed by atoms with Crippen molar-refractivity contribution in [3.8, 4) is 0 Å². The van der Waals surface area contributed by atoms with Gasteiger partial charge < -0.3 is 20.5 Å². The normalized spacial score (nSPS) is 32.1. The van der Waals surface area contributed by atoms with Crippen LogP contribution < -0.4 is 10.6 Å². The molecule has 0 saturated heterocycles. The van der Waals surface area contributed by atoms with E-state index >= 15 is 0 Å². The summed E-state index contributed by atoms with van der Waals surface area (Å²) in [5.74, 6) is -0.795. The molecule has 3 aliphatic rings. The molecule has 3 saturated carbocycles. The van der Waals surface area contributed by atoms with E-state index in [2.05, 4.69) is 10.6 Å². The van der Waals surface area contributed by atoms with Crippen LogP contribution in [0.2, 0.25) is 0 Å². The van der Waals surface area contributed by atoms with Gasteiger partial charge in [-0.05, 0) is 45.6 Å². The lowest BCUT2D eigenvalue weighted by Crippen LogP contribution is -2.66. The highest BCUT2D eigenvalue weighted by Gasteiger charge is 2.57. The maximum absolute atomic E-state index is 12.4. The number of hydrogen-bond acceptors (Lipinski definition) is 4. The van der Waals surface area contributed by atoms with Gasteiger partial charge in [0.15, 0.2) is 0 Å². The number of rotatable bonds is 8. The molecule has 26 heavy (non-hydrogen) atoms. The zero-order chi connectivity index (χ0) is 18.7. The molecule has 2 unspecified atom stereocenters. The smallest absolute Gasteiger partial charge is 0.317 e. The van der Waals surface area contributed by atoms with Gasteiger partial charge in [-0.25, -0.2) is 4.79 Å². The number of urea groups is 1. The molecule has 0 bridgehead atoms. The molecule has 0 aromatic heterocycles. The van der Waals surface area contributed by atoms with Crippen molar-refractivity contribution in [2.24, 2.45) is 5.41 Å². The minimum Gasteiger partial charge on any atom is -0.480 e. The van der Waals surface area contributed by atoms with Crippen LogP contribution >= 0.6 is 0 Å². The van der Waals surface area contributed by atoms with Crippen LogP contribution in [0.4, 0.5) is 4.79 Å².